The Labute approximate surface area is 257 Å². The zero-order valence-corrected chi connectivity index (χ0v) is 24.9. The molecule has 0 unspecified atom stereocenters. The Hall–Kier alpha value is -3.95. The molecule has 3 heterocycles. The minimum Gasteiger partial charge on any atom is -0.492 e. The molecule has 1 aliphatic carbocycles. The number of alkyl halides is 3. The van der Waals surface area contributed by atoms with E-state index in [0.29, 0.717) is 24.2 Å². The average Bonchev–Trinajstić information content (AvgIpc) is 3.78. The molecule has 1 saturated carbocycles. The molecule has 2 fully saturated rings. The molecule has 4 aromatic rings. The van der Waals surface area contributed by atoms with Crippen molar-refractivity contribution in [3.8, 4) is 5.75 Å². The van der Waals surface area contributed by atoms with E-state index in [9.17, 15) is 13.2 Å². The van der Waals surface area contributed by atoms with Crippen LogP contribution in [0.15, 0.2) is 47.1 Å². The molecule has 234 valence electrons. The summed E-state index contributed by atoms with van der Waals surface area (Å²) < 4.78 is 53.8. The number of aliphatic carboxylic acids is 2. The van der Waals surface area contributed by atoms with E-state index in [-0.39, 0.29) is 0 Å². The first-order valence-electron chi connectivity index (χ1n) is 13.8. The zero-order chi connectivity index (χ0) is 31.4. The highest BCUT2D eigenvalue weighted by atomic mass is 79.9. The van der Waals surface area contributed by atoms with E-state index >= 15 is 0 Å². The lowest BCUT2D eigenvalue weighted by Crippen LogP contribution is -2.37. The molecule has 0 atom stereocenters. The average molecular weight is 680 g/mol. The van der Waals surface area contributed by atoms with Crippen molar-refractivity contribution in [2.75, 3.05) is 44.8 Å². The molecule has 15 heteroatoms. The number of carboxylic acids is 2. The second kappa shape index (κ2) is 13.4. The normalized spacial score (nSPS) is 15.5. The van der Waals surface area contributed by atoms with Gasteiger partial charge in [-0.05, 0) is 71.6 Å². The molecule has 3 N–H and O–H groups in total. The maximum absolute atomic E-state index is 13.0. The Kier molecular flexibility index (Phi) is 9.56. The molecule has 11 nitrogen and oxygen atoms in total. The Morgan fingerprint density at radius 3 is 2.36 bits per heavy atom. The van der Waals surface area contributed by atoms with Crippen molar-refractivity contribution in [3.63, 3.8) is 0 Å². The summed E-state index contributed by atoms with van der Waals surface area (Å²) in [4.78, 5) is 20.6. The van der Waals surface area contributed by atoms with Crippen LogP contribution in [0.2, 0.25) is 0 Å². The van der Waals surface area contributed by atoms with Crippen molar-refractivity contribution in [3.05, 3.63) is 52.6 Å². The molecule has 6 rings (SSSR count). The van der Waals surface area contributed by atoms with Crippen LogP contribution in [0.4, 0.5) is 24.7 Å². The number of ether oxygens (including phenoxy) is 2. The van der Waals surface area contributed by atoms with Gasteiger partial charge in [-0.25, -0.2) is 9.59 Å². The number of anilines is 2. The molecule has 44 heavy (non-hydrogen) atoms. The highest BCUT2D eigenvalue weighted by molar-refractivity contribution is 9.10. The Morgan fingerprint density at radius 1 is 1.07 bits per heavy atom. The van der Waals surface area contributed by atoms with Gasteiger partial charge < -0.3 is 29.6 Å². The smallest absolute Gasteiger partial charge is 0.416 e. The first kappa shape index (κ1) is 31.5. The minimum atomic E-state index is -4.39. The Bertz CT molecular complexity index is 1640. The number of aromatic nitrogens is 3. The monoisotopic (exact) mass is 679 g/mol. The highest BCUT2D eigenvalue weighted by Crippen LogP contribution is 2.46. The predicted octanol–water partition coefficient (Wildman–Crippen LogP) is 5.70. The van der Waals surface area contributed by atoms with Crippen molar-refractivity contribution in [1.29, 1.82) is 0 Å². The van der Waals surface area contributed by atoms with Gasteiger partial charge in [-0.2, -0.15) is 18.3 Å². The SMILES string of the molecule is FC(F)(F)c1ccc(Nc2nncc3c2c2cc(OCCCN4CCOCC4)c(Br)cc2n3C2CC2)cc1.O=C(O)C(=O)O. The van der Waals surface area contributed by atoms with Crippen LogP contribution in [0.5, 0.6) is 5.75 Å². The molecular weight excluding hydrogens is 651 g/mol. The topological polar surface area (TPSA) is 139 Å². The van der Waals surface area contributed by atoms with Crippen LogP contribution < -0.4 is 10.1 Å². The van der Waals surface area contributed by atoms with Crippen LogP contribution >= 0.6 is 15.9 Å². The lowest BCUT2D eigenvalue weighted by atomic mass is 10.1. The summed E-state index contributed by atoms with van der Waals surface area (Å²) in [6.07, 6.45) is 0.436. The summed E-state index contributed by atoms with van der Waals surface area (Å²) in [5.74, 6) is -2.41. The summed E-state index contributed by atoms with van der Waals surface area (Å²) in [6, 6.07) is 9.41. The van der Waals surface area contributed by atoms with Gasteiger partial charge in [0.2, 0.25) is 0 Å². The van der Waals surface area contributed by atoms with E-state index in [2.05, 4.69) is 47.0 Å². The van der Waals surface area contributed by atoms with Gasteiger partial charge in [0, 0.05) is 36.7 Å². The van der Waals surface area contributed by atoms with Gasteiger partial charge in [0.15, 0.2) is 5.82 Å². The summed E-state index contributed by atoms with van der Waals surface area (Å²) >= 11 is 3.70. The molecule has 2 aromatic heterocycles. The van der Waals surface area contributed by atoms with Crippen molar-refractivity contribution in [1.82, 2.24) is 19.7 Å². The third kappa shape index (κ3) is 7.39. The lowest BCUT2D eigenvalue weighted by Gasteiger charge is -2.26. The number of hydrogen-bond donors (Lipinski definition) is 3. The number of carbonyl (C=O) groups is 2. The van der Waals surface area contributed by atoms with Gasteiger partial charge in [0.25, 0.3) is 0 Å². The van der Waals surface area contributed by atoms with E-state index in [1.807, 2.05) is 6.07 Å². The number of carboxylic acid groups (broad SMARTS) is 2. The lowest BCUT2D eigenvalue weighted by molar-refractivity contribution is -0.159. The number of nitrogens with one attached hydrogen (secondary N) is 1. The molecule has 0 bridgehead atoms. The molecule has 2 aliphatic rings. The van der Waals surface area contributed by atoms with Crippen molar-refractivity contribution in [2.45, 2.75) is 31.5 Å². The first-order valence-corrected chi connectivity index (χ1v) is 14.6. The Morgan fingerprint density at radius 2 is 1.75 bits per heavy atom. The van der Waals surface area contributed by atoms with Crippen LogP contribution in [0.3, 0.4) is 0 Å². The van der Waals surface area contributed by atoms with Crippen LogP contribution in [0.1, 0.15) is 30.9 Å². The molecule has 0 spiro atoms. The number of fused-ring (bicyclic) bond motifs is 3. The maximum atomic E-state index is 13.0. The number of morpholine rings is 1. The largest absolute Gasteiger partial charge is 0.492 e. The maximum Gasteiger partial charge on any atom is 0.416 e. The Balaban J connectivity index is 0.000000584. The fourth-order valence-electron chi connectivity index (χ4n) is 5.00. The fourth-order valence-corrected chi connectivity index (χ4v) is 5.44. The summed E-state index contributed by atoms with van der Waals surface area (Å²) in [5, 5.41) is 28.3. The van der Waals surface area contributed by atoms with Gasteiger partial charge in [-0.15, -0.1) is 5.10 Å². The van der Waals surface area contributed by atoms with E-state index in [1.165, 1.54) is 12.1 Å². The molecule has 1 saturated heterocycles. The number of rotatable bonds is 8. The van der Waals surface area contributed by atoms with Gasteiger partial charge in [0.05, 0.1) is 52.5 Å². The van der Waals surface area contributed by atoms with E-state index < -0.39 is 23.7 Å². The zero-order valence-electron chi connectivity index (χ0n) is 23.3. The number of hydrogen-bond acceptors (Lipinski definition) is 8. The fraction of sp³-hybridized carbons (Fsp3) is 0.379. The van der Waals surface area contributed by atoms with Crippen molar-refractivity contribution >= 4 is 61.2 Å². The number of halogens is 4. The van der Waals surface area contributed by atoms with Crippen LogP contribution in [-0.4, -0.2) is 81.3 Å². The third-order valence-electron chi connectivity index (χ3n) is 7.22. The number of benzene rings is 2. The number of nitrogens with zero attached hydrogens (tertiary/aromatic N) is 4. The van der Waals surface area contributed by atoms with Crippen LogP contribution in [0, 0.1) is 0 Å². The molecule has 0 amide bonds. The summed E-state index contributed by atoms with van der Waals surface area (Å²) in [7, 11) is 0. The molecular formula is C29H29BrF3N5O6. The van der Waals surface area contributed by atoms with Gasteiger partial charge in [-0.3, -0.25) is 4.90 Å². The minimum absolute atomic E-state index is 0.380. The van der Waals surface area contributed by atoms with Crippen LogP contribution in [0.25, 0.3) is 21.8 Å². The second-order valence-electron chi connectivity index (χ2n) is 10.3. The quantitative estimate of drug-likeness (QED) is 0.157. The summed E-state index contributed by atoms with van der Waals surface area (Å²) in [6.45, 7) is 5.00. The van der Waals surface area contributed by atoms with Crippen LogP contribution in [-0.2, 0) is 20.5 Å². The second-order valence-corrected chi connectivity index (χ2v) is 11.2. The van der Waals surface area contributed by atoms with E-state index in [4.69, 9.17) is 29.3 Å². The predicted molar refractivity (Wildman–Crippen MR) is 158 cm³/mol. The standard InChI is InChI=1S/C27H27BrF3N5O2.C2H2O4/c28-21-15-22-20(14-24(21)38-11-1-8-35-9-12-37-13-10-35)25-23(36(22)19-6-7-19)16-32-34-26(25)33-18-4-2-17(3-5-18)27(29,30)31;3-1(4)2(5)6/h2-5,14-16,19H,1,6-13H2,(H,33,34);(H,3,4)(H,5,6). The van der Waals surface area contributed by atoms with Gasteiger partial charge in [0.1, 0.15) is 5.75 Å². The van der Waals surface area contributed by atoms with Gasteiger partial charge in [-0.1, -0.05) is 0 Å². The summed E-state index contributed by atoms with van der Waals surface area (Å²) in [5.41, 5.74) is 1.78. The molecule has 0 radical (unpaired) electrons. The molecule has 2 aromatic carbocycles. The third-order valence-corrected chi connectivity index (χ3v) is 7.84. The van der Waals surface area contributed by atoms with Crippen molar-refractivity contribution < 1.29 is 42.4 Å². The first-order chi connectivity index (χ1) is 21.0. The van der Waals surface area contributed by atoms with E-state index in [0.717, 1.165) is 96.3 Å². The van der Waals surface area contributed by atoms with E-state index in [1.54, 1.807) is 6.20 Å². The highest BCUT2D eigenvalue weighted by Gasteiger charge is 2.31. The van der Waals surface area contributed by atoms with Crippen molar-refractivity contribution in [2.24, 2.45) is 0 Å². The molecule has 1 aliphatic heterocycles. The van der Waals surface area contributed by atoms with Gasteiger partial charge >= 0.3 is 18.1 Å².